The molecule has 8 heteroatoms. The summed E-state index contributed by atoms with van der Waals surface area (Å²) in [7, 11) is -3.51. The summed E-state index contributed by atoms with van der Waals surface area (Å²) in [6.45, 7) is 3.17. The summed E-state index contributed by atoms with van der Waals surface area (Å²) in [5.74, 6) is 2.23. The van der Waals surface area contributed by atoms with Crippen molar-refractivity contribution in [2.45, 2.75) is 4.90 Å². The van der Waals surface area contributed by atoms with Crippen LogP contribution in [0.5, 0.6) is 0 Å². The van der Waals surface area contributed by atoms with Crippen molar-refractivity contribution in [3.8, 4) is 0 Å². The number of rotatable bonds is 6. The molecule has 5 nitrogen and oxygen atoms in total. The SMILES string of the molecule is NC(=S)c1cccc(S(=O)(=O)NCCN2CCSCC2)c1. The molecular formula is C13H19N3O2S3. The van der Waals surface area contributed by atoms with Gasteiger partial charge in [-0.1, -0.05) is 24.4 Å². The van der Waals surface area contributed by atoms with Gasteiger partial charge in [-0.15, -0.1) is 0 Å². The van der Waals surface area contributed by atoms with Gasteiger partial charge in [-0.3, -0.25) is 0 Å². The van der Waals surface area contributed by atoms with Crippen molar-refractivity contribution in [1.29, 1.82) is 0 Å². The molecule has 1 fully saturated rings. The second-order valence-electron chi connectivity index (χ2n) is 4.74. The molecule has 1 aliphatic heterocycles. The van der Waals surface area contributed by atoms with Gasteiger partial charge < -0.3 is 10.6 Å². The van der Waals surface area contributed by atoms with Crippen LogP contribution in [-0.4, -0.2) is 56.0 Å². The third-order valence-corrected chi connectivity index (χ3v) is 5.89. The highest BCUT2D eigenvalue weighted by molar-refractivity contribution is 7.99. The number of thiocarbonyl (C=S) groups is 1. The number of benzene rings is 1. The molecule has 2 rings (SSSR count). The molecule has 0 radical (unpaired) electrons. The molecule has 1 heterocycles. The Bertz CT molecular complexity index is 598. The monoisotopic (exact) mass is 345 g/mol. The first-order valence-electron chi connectivity index (χ1n) is 6.69. The summed E-state index contributed by atoms with van der Waals surface area (Å²) in [5.41, 5.74) is 6.09. The zero-order valence-electron chi connectivity index (χ0n) is 11.6. The van der Waals surface area contributed by atoms with Crippen molar-refractivity contribution in [3.05, 3.63) is 29.8 Å². The van der Waals surface area contributed by atoms with Crippen LogP contribution in [0.15, 0.2) is 29.2 Å². The molecule has 1 aliphatic rings. The normalized spacial score (nSPS) is 16.8. The van der Waals surface area contributed by atoms with Crippen LogP contribution in [0, 0.1) is 0 Å². The molecular weight excluding hydrogens is 326 g/mol. The van der Waals surface area contributed by atoms with Gasteiger partial charge in [0.1, 0.15) is 4.99 Å². The molecule has 0 atom stereocenters. The van der Waals surface area contributed by atoms with Crippen LogP contribution >= 0.6 is 24.0 Å². The van der Waals surface area contributed by atoms with E-state index in [1.54, 1.807) is 18.2 Å². The van der Waals surface area contributed by atoms with Gasteiger partial charge in [0.25, 0.3) is 0 Å². The van der Waals surface area contributed by atoms with Gasteiger partial charge in [0.05, 0.1) is 4.90 Å². The second-order valence-corrected chi connectivity index (χ2v) is 8.18. The van der Waals surface area contributed by atoms with E-state index in [1.807, 2.05) is 11.8 Å². The molecule has 0 spiro atoms. The van der Waals surface area contributed by atoms with Gasteiger partial charge in [-0.05, 0) is 12.1 Å². The first-order chi connectivity index (χ1) is 9.99. The number of thioether (sulfide) groups is 1. The lowest BCUT2D eigenvalue weighted by atomic mass is 10.2. The lowest BCUT2D eigenvalue weighted by Crippen LogP contribution is -2.39. The third-order valence-electron chi connectivity index (χ3n) is 3.25. The van der Waals surface area contributed by atoms with Crippen LogP contribution < -0.4 is 10.5 Å². The summed E-state index contributed by atoms with van der Waals surface area (Å²) < 4.78 is 27.1. The van der Waals surface area contributed by atoms with Gasteiger partial charge in [-0.25, -0.2) is 13.1 Å². The smallest absolute Gasteiger partial charge is 0.240 e. The first-order valence-corrected chi connectivity index (χ1v) is 9.73. The van der Waals surface area contributed by atoms with E-state index in [0.29, 0.717) is 12.1 Å². The minimum absolute atomic E-state index is 0.192. The van der Waals surface area contributed by atoms with E-state index >= 15 is 0 Å². The fraction of sp³-hybridized carbons (Fsp3) is 0.462. The molecule has 0 amide bonds. The largest absolute Gasteiger partial charge is 0.389 e. The lowest BCUT2D eigenvalue weighted by molar-refractivity contribution is 0.307. The predicted octanol–water partition coefficient (Wildman–Crippen LogP) is 0.648. The van der Waals surface area contributed by atoms with Crippen molar-refractivity contribution >= 4 is 39.0 Å². The maximum absolute atomic E-state index is 12.2. The van der Waals surface area contributed by atoms with E-state index in [4.69, 9.17) is 18.0 Å². The topological polar surface area (TPSA) is 75.4 Å². The molecule has 3 N–H and O–H groups in total. The van der Waals surface area contributed by atoms with E-state index in [1.165, 1.54) is 6.07 Å². The minimum Gasteiger partial charge on any atom is -0.389 e. The highest BCUT2D eigenvalue weighted by Gasteiger charge is 2.16. The summed E-state index contributed by atoms with van der Waals surface area (Å²) in [4.78, 5) is 2.66. The van der Waals surface area contributed by atoms with Crippen LogP contribution in [0.25, 0.3) is 0 Å². The molecule has 0 aromatic heterocycles. The maximum Gasteiger partial charge on any atom is 0.240 e. The number of hydrogen-bond acceptors (Lipinski definition) is 5. The minimum atomic E-state index is -3.51. The Hall–Kier alpha value is -0.670. The van der Waals surface area contributed by atoms with Crippen molar-refractivity contribution < 1.29 is 8.42 Å². The number of sulfonamides is 1. The summed E-state index contributed by atoms with van der Waals surface area (Å²) in [6, 6.07) is 6.39. The second kappa shape index (κ2) is 7.55. The number of nitrogens with zero attached hydrogens (tertiary/aromatic N) is 1. The van der Waals surface area contributed by atoms with Gasteiger partial charge >= 0.3 is 0 Å². The summed E-state index contributed by atoms with van der Waals surface area (Å²) in [5, 5.41) is 0. The molecule has 0 aliphatic carbocycles. The quantitative estimate of drug-likeness (QED) is 0.737. The van der Waals surface area contributed by atoms with Gasteiger partial charge in [-0.2, -0.15) is 11.8 Å². The number of nitrogens with two attached hydrogens (primary N) is 1. The highest BCUT2D eigenvalue weighted by atomic mass is 32.2. The Kier molecular flexibility index (Phi) is 6.00. The maximum atomic E-state index is 12.2. The van der Waals surface area contributed by atoms with Crippen molar-refractivity contribution in [2.24, 2.45) is 5.73 Å². The van der Waals surface area contributed by atoms with E-state index in [9.17, 15) is 8.42 Å². The molecule has 21 heavy (non-hydrogen) atoms. The van der Waals surface area contributed by atoms with Crippen LogP contribution in [0.4, 0.5) is 0 Å². The van der Waals surface area contributed by atoms with Crippen molar-refractivity contribution in [1.82, 2.24) is 9.62 Å². The molecule has 1 aromatic rings. The van der Waals surface area contributed by atoms with Crippen LogP contribution in [0.2, 0.25) is 0 Å². The average Bonchev–Trinajstić information content (AvgIpc) is 2.48. The van der Waals surface area contributed by atoms with Gasteiger partial charge in [0, 0.05) is 43.2 Å². The van der Waals surface area contributed by atoms with Crippen molar-refractivity contribution in [2.75, 3.05) is 37.7 Å². The number of hydrogen-bond donors (Lipinski definition) is 2. The van der Waals surface area contributed by atoms with Crippen LogP contribution in [0.1, 0.15) is 5.56 Å². The Balaban J connectivity index is 1.94. The fourth-order valence-electron chi connectivity index (χ4n) is 2.06. The zero-order valence-corrected chi connectivity index (χ0v) is 14.1. The summed E-state index contributed by atoms with van der Waals surface area (Å²) in [6.07, 6.45) is 0. The van der Waals surface area contributed by atoms with E-state index < -0.39 is 10.0 Å². The van der Waals surface area contributed by atoms with Crippen molar-refractivity contribution in [3.63, 3.8) is 0 Å². The predicted molar refractivity (Wildman–Crippen MR) is 91.3 cm³/mol. The lowest BCUT2D eigenvalue weighted by Gasteiger charge is -2.25. The summed E-state index contributed by atoms with van der Waals surface area (Å²) >= 11 is 6.81. The van der Waals surface area contributed by atoms with E-state index in [2.05, 4.69) is 9.62 Å². The standard InChI is InChI=1S/C13H19N3O2S3/c14-13(19)11-2-1-3-12(10-11)21(17,18)15-4-5-16-6-8-20-9-7-16/h1-3,10,15H,4-9H2,(H2,14,19). The molecule has 0 saturated carbocycles. The molecule has 1 saturated heterocycles. The van der Waals surface area contributed by atoms with Gasteiger partial charge in [0.15, 0.2) is 0 Å². The first kappa shape index (κ1) is 16.7. The van der Waals surface area contributed by atoms with Crippen LogP contribution in [-0.2, 0) is 10.0 Å². The fourth-order valence-corrected chi connectivity index (χ4v) is 4.23. The zero-order chi connectivity index (χ0) is 15.3. The Labute approximate surface area is 135 Å². The Morgan fingerprint density at radius 2 is 2.10 bits per heavy atom. The molecule has 0 bridgehead atoms. The average molecular weight is 346 g/mol. The Morgan fingerprint density at radius 1 is 1.38 bits per heavy atom. The Morgan fingerprint density at radius 3 is 2.76 bits per heavy atom. The third kappa shape index (κ3) is 4.93. The van der Waals surface area contributed by atoms with E-state index in [0.717, 1.165) is 31.1 Å². The number of nitrogens with one attached hydrogen (secondary N) is 1. The van der Waals surface area contributed by atoms with E-state index in [-0.39, 0.29) is 9.88 Å². The van der Waals surface area contributed by atoms with Gasteiger partial charge in [0.2, 0.25) is 10.0 Å². The highest BCUT2D eigenvalue weighted by Crippen LogP contribution is 2.12. The molecule has 0 unspecified atom stereocenters. The molecule has 1 aromatic carbocycles. The van der Waals surface area contributed by atoms with Crippen LogP contribution in [0.3, 0.4) is 0 Å². The molecule has 116 valence electrons.